The number of para-hydroxylation sites is 1. The molecule has 0 bridgehead atoms. The van der Waals surface area contributed by atoms with Crippen molar-refractivity contribution in [3.8, 4) is 22.5 Å². The lowest BCUT2D eigenvalue weighted by molar-refractivity contribution is -0.393. The molecular formula is C37H26N6O12. The molecule has 4 heterocycles. The van der Waals surface area contributed by atoms with Crippen LogP contribution in [0.3, 0.4) is 0 Å². The fourth-order valence-electron chi connectivity index (χ4n) is 7.46. The number of pyridine rings is 2. The van der Waals surface area contributed by atoms with Gasteiger partial charge in [-0.05, 0) is 44.0 Å². The zero-order chi connectivity index (χ0) is 39.1. The van der Waals surface area contributed by atoms with Gasteiger partial charge in [-0.15, -0.1) is 0 Å². The highest BCUT2D eigenvalue weighted by Crippen LogP contribution is 2.48. The molecule has 0 radical (unpaired) electrons. The van der Waals surface area contributed by atoms with E-state index in [-0.39, 0.29) is 64.2 Å². The van der Waals surface area contributed by atoms with Crippen LogP contribution in [0.15, 0.2) is 70.6 Å². The number of aromatic nitrogens is 2. The molecule has 5 aromatic rings. The van der Waals surface area contributed by atoms with Gasteiger partial charge in [-0.25, -0.2) is 14.6 Å². The quantitative estimate of drug-likeness (QED) is 0.106. The second-order valence-electron chi connectivity index (χ2n) is 13.2. The smallest absolute Gasteiger partial charge is 0.355 e. The summed E-state index contributed by atoms with van der Waals surface area (Å²) in [6.07, 6.45) is -1.75. The number of aryl methyl sites for hydroxylation is 1. The summed E-state index contributed by atoms with van der Waals surface area (Å²) in [6, 6.07) is 15.1. The first-order chi connectivity index (χ1) is 26.2. The lowest BCUT2D eigenvalue weighted by atomic mass is 9.85. The van der Waals surface area contributed by atoms with Crippen molar-refractivity contribution in [1.29, 1.82) is 0 Å². The van der Waals surface area contributed by atoms with E-state index < -0.39 is 61.0 Å². The fraction of sp³-hybridized carbons (Fsp3) is 0.216. The summed E-state index contributed by atoms with van der Waals surface area (Å²) >= 11 is 0. The van der Waals surface area contributed by atoms with E-state index in [1.54, 1.807) is 13.0 Å². The summed E-state index contributed by atoms with van der Waals surface area (Å²) < 4.78 is 12.8. The number of nitro benzene ring substituents is 3. The first-order valence-corrected chi connectivity index (χ1v) is 16.8. The van der Waals surface area contributed by atoms with E-state index in [9.17, 15) is 44.7 Å². The number of rotatable bonds is 8. The Morgan fingerprint density at radius 2 is 1.67 bits per heavy atom. The minimum atomic E-state index is -2.09. The van der Waals surface area contributed by atoms with Crippen LogP contribution in [0.5, 0.6) is 0 Å². The van der Waals surface area contributed by atoms with E-state index in [2.05, 4.69) is 5.16 Å². The number of ether oxygens (including phenoxy) is 2. The van der Waals surface area contributed by atoms with Crippen molar-refractivity contribution >= 4 is 45.6 Å². The number of benzene rings is 3. The van der Waals surface area contributed by atoms with Gasteiger partial charge in [-0.2, -0.15) is 0 Å². The molecule has 8 rings (SSSR count). The third kappa shape index (κ3) is 5.20. The minimum absolute atomic E-state index is 0.00307. The molecular weight excluding hydrogens is 720 g/mol. The number of nitrogens with zero attached hydrogens (tertiary/aromatic N) is 6. The maximum absolute atomic E-state index is 13.9. The number of carbonyl (C=O) groups is 2. The average molecular weight is 747 g/mol. The Morgan fingerprint density at radius 1 is 0.982 bits per heavy atom. The molecule has 0 saturated heterocycles. The molecule has 0 spiro atoms. The van der Waals surface area contributed by atoms with Crippen LogP contribution in [0.25, 0.3) is 33.4 Å². The third-order valence-corrected chi connectivity index (χ3v) is 10.1. The first kappa shape index (κ1) is 34.7. The highest BCUT2D eigenvalue weighted by Gasteiger charge is 2.51. The zero-order valence-electron chi connectivity index (χ0n) is 29.1. The van der Waals surface area contributed by atoms with E-state index in [4.69, 9.17) is 19.3 Å². The van der Waals surface area contributed by atoms with Crippen molar-refractivity contribution < 1.29 is 38.7 Å². The molecule has 0 fully saturated rings. The molecule has 18 nitrogen and oxygen atoms in total. The van der Waals surface area contributed by atoms with Gasteiger partial charge in [0, 0.05) is 51.4 Å². The normalized spacial score (nSPS) is 17.4. The largest absolute Gasteiger partial charge is 0.457 e. The number of hydrogen-bond acceptors (Lipinski definition) is 14. The number of oxime groups is 1. The van der Waals surface area contributed by atoms with Crippen molar-refractivity contribution in [2.45, 2.75) is 52.0 Å². The van der Waals surface area contributed by atoms with Crippen LogP contribution in [-0.4, -0.2) is 48.1 Å². The van der Waals surface area contributed by atoms with Crippen LogP contribution >= 0.6 is 0 Å². The van der Waals surface area contributed by atoms with Gasteiger partial charge in [0.05, 0.1) is 55.4 Å². The van der Waals surface area contributed by atoms with E-state index in [0.717, 1.165) is 29.1 Å². The highest BCUT2D eigenvalue weighted by atomic mass is 16.7. The topological polar surface area (TPSA) is 238 Å². The van der Waals surface area contributed by atoms with E-state index in [1.165, 1.54) is 24.5 Å². The number of carbonyl (C=O) groups excluding carboxylic acids is 2. The Balaban J connectivity index is 1.18. The lowest BCUT2D eigenvalue weighted by Crippen LogP contribution is -2.48. The van der Waals surface area contributed by atoms with Gasteiger partial charge in [-0.3, -0.25) is 35.1 Å². The Kier molecular flexibility index (Phi) is 7.80. The molecule has 1 aliphatic carbocycles. The van der Waals surface area contributed by atoms with Crippen LogP contribution in [-0.2, 0) is 42.7 Å². The maximum Gasteiger partial charge on any atom is 0.355 e. The van der Waals surface area contributed by atoms with Crippen molar-refractivity contribution in [3.63, 3.8) is 0 Å². The van der Waals surface area contributed by atoms with Crippen molar-refractivity contribution in [1.82, 2.24) is 9.55 Å². The van der Waals surface area contributed by atoms with Gasteiger partial charge >= 0.3 is 11.9 Å². The molecule has 55 heavy (non-hydrogen) atoms. The van der Waals surface area contributed by atoms with Crippen LogP contribution in [0.2, 0.25) is 0 Å². The van der Waals surface area contributed by atoms with Crippen molar-refractivity contribution in [2.75, 3.05) is 0 Å². The SMILES string of the molecule is CC[C@@]1(OC(=O)[C@@H](C)O/N=C2\c3cc([N+](=O)[O-])cc(C)c3-c3c2cc([N+](=O)[O-])cc3[N+](=O)[O-])C(=O)OCc2c1cc1n(c2=O)Cc2cc3ccccc3nc2-1. The predicted octanol–water partition coefficient (Wildman–Crippen LogP) is 5.50. The molecule has 2 aromatic heterocycles. The summed E-state index contributed by atoms with van der Waals surface area (Å²) in [5.41, 5.74) is -1.61. The fourth-order valence-corrected chi connectivity index (χ4v) is 7.46. The Morgan fingerprint density at radius 3 is 2.36 bits per heavy atom. The number of nitro groups is 3. The van der Waals surface area contributed by atoms with Gasteiger partial charge < -0.3 is 18.9 Å². The van der Waals surface area contributed by atoms with Gasteiger partial charge in [0.25, 0.3) is 22.6 Å². The molecule has 2 atom stereocenters. The zero-order valence-corrected chi connectivity index (χ0v) is 29.1. The number of non-ortho nitro benzene ring substituents is 2. The first-order valence-electron chi connectivity index (χ1n) is 16.8. The highest BCUT2D eigenvalue weighted by molar-refractivity contribution is 6.26. The molecule has 276 valence electrons. The van der Waals surface area contributed by atoms with Crippen LogP contribution in [0.4, 0.5) is 17.1 Å². The molecule has 3 aromatic carbocycles. The van der Waals surface area contributed by atoms with Gasteiger partial charge in [0.2, 0.25) is 11.7 Å². The van der Waals surface area contributed by atoms with Gasteiger partial charge in [0.15, 0.2) is 0 Å². The number of esters is 2. The van der Waals surface area contributed by atoms with Crippen LogP contribution in [0, 0.1) is 37.3 Å². The standard InChI is InChI=1S/C37H26N6O12/c1-4-37(26-14-29-32-20(10-19-7-5-6-8-27(19)38-32)15-40(29)34(44)25(26)16-53-36(37)46)54-35(45)18(3)55-39-33-23-11-21(41(47)48)9-17(2)30(23)31-24(33)12-22(42(49)50)13-28(31)43(51)52/h5-14,18H,4,15-16H2,1-3H3/b39-33+/t18-,37+/m1/s1. The van der Waals surface area contributed by atoms with Crippen LogP contribution in [0.1, 0.15) is 53.6 Å². The summed E-state index contributed by atoms with van der Waals surface area (Å²) in [5, 5.41) is 40.6. The number of fused-ring (bicyclic) bond motifs is 8. The monoisotopic (exact) mass is 746 g/mol. The summed E-state index contributed by atoms with van der Waals surface area (Å²) in [6.45, 7) is 4.16. The summed E-state index contributed by atoms with van der Waals surface area (Å²) in [4.78, 5) is 85.0. The third-order valence-electron chi connectivity index (χ3n) is 10.1. The second kappa shape index (κ2) is 12.4. The number of cyclic esters (lactones) is 1. The molecule has 3 aliphatic rings. The number of hydrogen-bond donors (Lipinski definition) is 0. The van der Waals surface area contributed by atoms with Crippen molar-refractivity contribution in [2.24, 2.45) is 5.16 Å². The predicted molar refractivity (Wildman–Crippen MR) is 191 cm³/mol. The van der Waals surface area contributed by atoms with Crippen molar-refractivity contribution in [3.05, 3.63) is 135 Å². The van der Waals surface area contributed by atoms with E-state index in [0.29, 0.717) is 16.9 Å². The van der Waals surface area contributed by atoms with E-state index >= 15 is 0 Å². The molecule has 0 amide bonds. The lowest BCUT2D eigenvalue weighted by Gasteiger charge is -2.36. The maximum atomic E-state index is 13.9. The summed E-state index contributed by atoms with van der Waals surface area (Å²) in [5.74, 6) is -2.05. The second-order valence-corrected chi connectivity index (χ2v) is 13.2. The van der Waals surface area contributed by atoms with E-state index in [1.807, 2.05) is 30.3 Å². The molecule has 0 unspecified atom stereocenters. The minimum Gasteiger partial charge on any atom is -0.457 e. The van der Waals surface area contributed by atoms with Gasteiger partial charge in [0.1, 0.15) is 12.3 Å². The Hall–Kier alpha value is -7.37. The molecule has 0 saturated carbocycles. The molecule has 0 N–H and O–H groups in total. The van der Waals surface area contributed by atoms with Gasteiger partial charge in [-0.1, -0.05) is 30.3 Å². The molecule has 2 aliphatic heterocycles. The Bertz CT molecular complexity index is 2720. The average Bonchev–Trinajstić information content (AvgIpc) is 3.68. The Labute approximate surface area is 308 Å². The van der Waals surface area contributed by atoms with Crippen LogP contribution < -0.4 is 5.56 Å². The summed E-state index contributed by atoms with van der Waals surface area (Å²) in [7, 11) is 0. The molecule has 18 heteroatoms.